The molecule has 0 radical (unpaired) electrons. The van der Waals surface area contributed by atoms with E-state index in [1.54, 1.807) is 28.6 Å². The number of nitrogens with one attached hydrogen (secondary N) is 1. The summed E-state index contributed by atoms with van der Waals surface area (Å²) >= 11 is 0. The summed E-state index contributed by atoms with van der Waals surface area (Å²) in [7, 11) is 7.46. The van der Waals surface area contributed by atoms with Gasteiger partial charge in [-0.2, -0.15) is 15.0 Å². The van der Waals surface area contributed by atoms with Crippen molar-refractivity contribution in [2.24, 2.45) is 5.92 Å². The van der Waals surface area contributed by atoms with Gasteiger partial charge in [0.1, 0.15) is 6.04 Å². The molecule has 4 aliphatic rings. The third-order valence-electron chi connectivity index (χ3n) is 11.7. The number of benzene rings is 2. The van der Waals surface area contributed by atoms with Crippen LogP contribution in [-0.2, 0) is 23.1 Å². The number of hydrogen-bond donors (Lipinski definition) is 1. The maximum absolute atomic E-state index is 13.5. The number of carbonyl (C=O) groups is 2. The van der Waals surface area contributed by atoms with Gasteiger partial charge in [0.15, 0.2) is 5.82 Å². The number of nitrogens with zero attached hydrogens (tertiary/aromatic N) is 6. The third kappa shape index (κ3) is 6.28. The second-order valence-corrected chi connectivity index (χ2v) is 15.3. The standard InChI is InChI=1S/C40H49N7O4/c1-25(44(2)3)26-13-15-33-27(19-26)11-12-28-20-29(37(49)45(4)5)14-16-34(28)40(33,38-43-39(50)51-47(38)31-9-7-6-8-10-31)17-18-42-24-36(48)46-32(23-41)21-30-22-35(30)46/h13-16,19-20,30-32,35,42H,1,6-12,17-18,21-22,24H2,2-5H3/t30-,32?,35?,40?/m1/s1. The van der Waals surface area contributed by atoms with Gasteiger partial charge in [0.25, 0.3) is 5.91 Å². The Kier molecular flexibility index (Phi) is 9.40. The molecule has 4 atom stereocenters. The van der Waals surface area contributed by atoms with Crippen molar-refractivity contribution in [2.75, 3.05) is 41.3 Å². The van der Waals surface area contributed by atoms with Crippen LogP contribution in [0.15, 0.2) is 52.3 Å². The number of nitriles is 1. The highest BCUT2D eigenvalue weighted by Crippen LogP contribution is 2.49. The molecule has 3 aromatic rings. The molecule has 1 saturated heterocycles. The van der Waals surface area contributed by atoms with Crippen LogP contribution >= 0.6 is 0 Å². The number of amides is 2. The van der Waals surface area contributed by atoms with Gasteiger partial charge in [-0.3, -0.25) is 9.59 Å². The lowest BCUT2D eigenvalue weighted by atomic mass is 9.68. The molecule has 7 rings (SSSR count). The summed E-state index contributed by atoms with van der Waals surface area (Å²) < 4.78 is 7.80. The van der Waals surface area contributed by atoms with Crippen LogP contribution in [0.2, 0.25) is 0 Å². The second kappa shape index (κ2) is 13.8. The van der Waals surface area contributed by atoms with E-state index in [4.69, 9.17) is 9.51 Å². The molecule has 11 nitrogen and oxygen atoms in total. The molecule has 3 fully saturated rings. The van der Waals surface area contributed by atoms with Crippen LogP contribution < -0.4 is 11.1 Å². The summed E-state index contributed by atoms with van der Waals surface area (Å²) in [6.07, 6.45) is 8.63. The number of aromatic nitrogens is 2. The van der Waals surface area contributed by atoms with Crippen LogP contribution in [0.1, 0.15) is 101 Å². The molecule has 51 heavy (non-hydrogen) atoms. The van der Waals surface area contributed by atoms with Crippen molar-refractivity contribution in [2.45, 2.75) is 87.7 Å². The maximum atomic E-state index is 13.5. The quantitative estimate of drug-likeness (QED) is 0.308. The zero-order valence-electron chi connectivity index (χ0n) is 30.3. The van der Waals surface area contributed by atoms with Gasteiger partial charge in [0, 0.05) is 45.5 Å². The van der Waals surface area contributed by atoms with Crippen LogP contribution in [0.4, 0.5) is 0 Å². The van der Waals surface area contributed by atoms with E-state index in [0.29, 0.717) is 43.1 Å². The smallest absolute Gasteiger partial charge is 0.378 e. The SMILES string of the molecule is C=C(c1ccc2c(c1)CCc1cc(C(=O)N(C)C)ccc1C2(CCNCC(=O)N1C(C#N)C[C@@H]2CC21)c1nc(=O)on1C1CCCCC1)N(C)C. The van der Waals surface area contributed by atoms with E-state index in [0.717, 1.165) is 78.5 Å². The fraction of sp³-hybridized carbons (Fsp3) is 0.525. The summed E-state index contributed by atoms with van der Waals surface area (Å²) in [6, 6.07) is 14.5. The van der Waals surface area contributed by atoms with Crippen molar-refractivity contribution in [1.82, 2.24) is 29.7 Å². The van der Waals surface area contributed by atoms with Gasteiger partial charge in [-0.05, 0) is 103 Å². The fourth-order valence-electron chi connectivity index (χ4n) is 8.92. The molecular formula is C40H49N7O4. The summed E-state index contributed by atoms with van der Waals surface area (Å²) in [5.74, 6) is 0.250. The first-order valence-corrected chi connectivity index (χ1v) is 18.4. The van der Waals surface area contributed by atoms with Crippen LogP contribution in [0.5, 0.6) is 0 Å². The lowest BCUT2D eigenvalue weighted by molar-refractivity contribution is -0.131. The Morgan fingerprint density at radius 2 is 1.67 bits per heavy atom. The molecule has 2 heterocycles. The van der Waals surface area contributed by atoms with Gasteiger partial charge in [0.2, 0.25) is 5.91 Å². The monoisotopic (exact) mass is 691 g/mol. The summed E-state index contributed by atoms with van der Waals surface area (Å²) in [5, 5.41) is 13.1. The first-order chi connectivity index (χ1) is 24.5. The maximum Gasteiger partial charge on any atom is 0.459 e. The van der Waals surface area contributed by atoms with E-state index < -0.39 is 11.2 Å². The highest BCUT2D eigenvalue weighted by Gasteiger charge is 2.54. The fourth-order valence-corrected chi connectivity index (χ4v) is 8.92. The van der Waals surface area contributed by atoms with Crippen molar-refractivity contribution in [3.05, 3.63) is 92.7 Å². The van der Waals surface area contributed by atoms with Gasteiger partial charge in [-0.15, -0.1) is 0 Å². The van der Waals surface area contributed by atoms with Crippen molar-refractivity contribution < 1.29 is 14.1 Å². The number of rotatable bonds is 10. The second-order valence-electron chi connectivity index (χ2n) is 15.3. The lowest BCUT2D eigenvalue weighted by Crippen LogP contribution is -2.44. The Morgan fingerprint density at radius 3 is 2.31 bits per heavy atom. The van der Waals surface area contributed by atoms with Gasteiger partial charge in [0.05, 0.1) is 24.1 Å². The average molecular weight is 692 g/mol. The average Bonchev–Trinajstić information content (AvgIpc) is 3.66. The Hall–Kier alpha value is -4.69. The molecule has 2 amide bonds. The number of likely N-dealkylation sites (tertiary alicyclic amines) is 1. The number of carbonyl (C=O) groups excluding carboxylic acids is 2. The number of piperidine rings is 1. The molecule has 268 valence electrons. The minimum absolute atomic E-state index is 0.00234. The first-order valence-electron chi connectivity index (χ1n) is 18.4. The number of hydrogen-bond acceptors (Lipinski definition) is 8. The van der Waals surface area contributed by atoms with Crippen LogP contribution in [-0.4, -0.2) is 89.6 Å². The van der Waals surface area contributed by atoms with E-state index in [1.807, 2.05) is 37.2 Å². The highest BCUT2D eigenvalue weighted by molar-refractivity contribution is 5.94. The molecule has 2 aromatic carbocycles. The van der Waals surface area contributed by atoms with Crippen LogP contribution in [0.25, 0.3) is 5.70 Å². The Morgan fingerprint density at radius 1 is 1.00 bits per heavy atom. The van der Waals surface area contributed by atoms with Crippen LogP contribution in [0, 0.1) is 17.2 Å². The van der Waals surface area contributed by atoms with E-state index >= 15 is 0 Å². The zero-order chi connectivity index (χ0) is 36.0. The molecule has 11 heteroatoms. The normalized spacial score (nSPS) is 23.7. The summed E-state index contributed by atoms with van der Waals surface area (Å²) in [6.45, 7) is 4.88. The van der Waals surface area contributed by atoms with Crippen molar-refractivity contribution in [3.8, 4) is 6.07 Å². The van der Waals surface area contributed by atoms with E-state index in [2.05, 4.69) is 36.2 Å². The van der Waals surface area contributed by atoms with Gasteiger partial charge in [-0.1, -0.05) is 44.0 Å². The van der Waals surface area contributed by atoms with E-state index in [9.17, 15) is 19.6 Å². The predicted molar refractivity (Wildman–Crippen MR) is 194 cm³/mol. The minimum Gasteiger partial charge on any atom is -0.378 e. The summed E-state index contributed by atoms with van der Waals surface area (Å²) in [5.41, 5.74) is 5.69. The van der Waals surface area contributed by atoms with E-state index in [-0.39, 0.29) is 36.5 Å². The Bertz CT molecular complexity index is 1870. The summed E-state index contributed by atoms with van der Waals surface area (Å²) in [4.78, 5) is 50.1. The van der Waals surface area contributed by atoms with E-state index in [1.165, 1.54) is 0 Å². The molecular weight excluding hydrogens is 642 g/mol. The number of fused-ring (bicyclic) bond motifs is 3. The van der Waals surface area contributed by atoms with Gasteiger partial charge < -0.3 is 24.5 Å². The molecule has 0 bridgehead atoms. The molecule has 1 aromatic heterocycles. The molecule has 2 saturated carbocycles. The third-order valence-corrected chi connectivity index (χ3v) is 11.7. The Labute approximate surface area is 299 Å². The van der Waals surface area contributed by atoms with Gasteiger partial charge in [-0.25, -0.2) is 4.79 Å². The van der Waals surface area contributed by atoms with Crippen LogP contribution in [0.3, 0.4) is 0 Å². The topological polar surface area (TPSA) is 128 Å². The van der Waals surface area contributed by atoms with Crippen molar-refractivity contribution in [1.29, 1.82) is 5.26 Å². The molecule has 0 spiro atoms. The largest absolute Gasteiger partial charge is 0.459 e. The molecule has 1 aliphatic heterocycles. The highest BCUT2D eigenvalue weighted by atomic mass is 16.5. The van der Waals surface area contributed by atoms with Crippen molar-refractivity contribution in [3.63, 3.8) is 0 Å². The minimum atomic E-state index is -0.942. The van der Waals surface area contributed by atoms with Crippen molar-refractivity contribution >= 4 is 17.5 Å². The Balaban J connectivity index is 1.36. The zero-order valence-corrected chi connectivity index (χ0v) is 30.3. The molecule has 1 N–H and O–H groups in total. The van der Waals surface area contributed by atoms with Gasteiger partial charge >= 0.3 is 5.76 Å². The molecule has 3 aliphatic carbocycles. The first kappa shape index (κ1) is 34.7. The lowest BCUT2D eigenvalue weighted by Gasteiger charge is -2.37. The molecule has 3 unspecified atom stereocenters. The number of aryl methyl sites for hydroxylation is 2. The predicted octanol–water partition coefficient (Wildman–Crippen LogP) is 4.50.